The number of amides is 1. The smallest absolute Gasteiger partial charge is 0.249 e. The van der Waals surface area contributed by atoms with E-state index in [0.29, 0.717) is 11.5 Å². The minimum Gasteiger partial charge on any atom is -0.399 e. The van der Waals surface area contributed by atoms with Gasteiger partial charge in [0.1, 0.15) is 0 Å². The fourth-order valence-electron chi connectivity index (χ4n) is 1.72. The lowest BCUT2D eigenvalue weighted by molar-refractivity contribution is -0.111. The Morgan fingerprint density at radius 3 is 2.52 bits per heavy atom. The van der Waals surface area contributed by atoms with Gasteiger partial charge in [0.25, 0.3) is 0 Å². The van der Waals surface area contributed by atoms with Gasteiger partial charge in [0.05, 0.1) is 0 Å². The summed E-state index contributed by atoms with van der Waals surface area (Å²) in [5.74, 6) is 0.297. The average Bonchev–Trinajstić information content (AvgIpc) is 2.86. The van der Waals surface area contributed by atoms with Crippen LogP contribution >= 0.6 is 0 Å². The summed E-state index contributed by atoms with van der Waals surface area (Å²) in [6.45, 7) is 6.23. The zero-order valence-corrected chi connectivity index (χ0v) is 12.5. The van der Waals surface area contributed by atoms with Crippen LogP contribution in [0.15, 0.2) is 36.4 Å². The first-order valence-corrected chi connectivity index (χ1v) is 6.75. The number of nitrogen functional groups attached to an aromatic ring is 1. The summed E-state index contributed by atoms with van der Waals surface area (Å²) < 4.78 is 0. The summed E-state index contributed by atoms with van der Waals surface area (Å²) in [4.78, 5) is 11.8. The molecule has 2 aromatic rings. The van der Waals surface area contributed by atoms with E-state index in [-0.39, 0.29) is 11.3 Å². The lowest BCUT2D eigenvalue weighted by atomic mass is 9.92. The molecule has 110 valence electrons. The van der Waals surface area contributed by atoms with Crippen LogP contribution in [0.3, 0.4) is 0 Å². The Morgan fingerprint density at radius 1 is 1.29 bits per heavy atom. The maximum absolute atomic E-state index is 11.8. The number of nitrogens with two attached hydrogens (primary N) is 1. The van der Waals surface area contributed by atoms with Crippen molar-refractivity contribution in [1.82, 2.24) is 10.2 Å². The summed E-state index contributed by atoms with van der Waals surface area (Å²) in [5.41, 5.74) is 8.16. The van der Waals surface area contributed by atoms with Gasteiger partial charge in [-0.25, -0.2) is 0 Å². The highest BCUT2D eigenvalue weighted by Crippen LogP contribution is 2.21. The third-order valence-corrected chi connectivity index (χ3v) is 3.00. The summed E-state index contributed by atoms with van der Waals surface area (Å²) in [6, 6.07) is 9.13. The van der Waals surface area contributed by atoms with Crippen LogP contribution in [-0.2, 0) is 10.2 Å². The number of carbonyl (C=O) groups excluding carboxylic acids is 1. The fraction of sp³-hybridized carbons (Fsp3) is 0.250. The SMILES string of the molecule is CC(C)(C)c1cc(NC(=O)/C=C/c2ccc(N)cc2)n[nH]1. The number of hydrogen-bond acceptors (Lipinski definition) is 3. The van der Waals surface area contributed by atoms with Crippen LogP contribution in [0.1, 0.15) is 32.0 Å². The first-order valence-electron chi connectivity index (χ1n) is 6.75. The van der Waals surface area contributed by atoms with E-state index in [1.807, 2.05) is 18.2 Å². The highest BCUT2D eigenvalue weighted by atomic mass is 16.1. The predicted octanol–water partition coefficient (Wildman–Crippen LogP) is 2.94. The molecule has 0 aliphatic carbocycles. The third kappa shape index (κ3) is 4.21. The Kier molecular flexibility index (Phi) is 4.12. The standard InChI is InChI=1S/C16H20N4O/c1-16(2,3)13-10-14(20-19-13)18-15(21)9-6-11-4-7-12(17)8-5-11/h4-10H,17H2,1-3H3,(H2,18,19,20,21)/b9-6+. The molecule has 5 heteroatoms. The van der Waals surface area contributed by atoms with Gasteiger partial charge in [-0.15, -0.1) is 0 Å². The zero-order valence-electron chi connectivity index (χ0n) is 12.5. The van der Waals surface area contributed by atoms with E-state index in [0.717, 1.165) is 11.3 Å². The molecule has 1 aromatic carbocycles. The molecule has 0 fully saturated rings. The first-order chi connectivity index (χ1) is 9.84. The van der Waals surface area contributed by atoms with Crippen LogP contribution in [0.25, 0.3) is 6.08 Å². The number of H-pyrrole nitrogens is 1. The molecule has 0 atom stereocenters. The molecular weight excluding hydrogens is 264 g/mol. The molecule has 0 spiro atoms. The Hall–Kier alpha value is -2.56. The Morgan fingerprint density at radius 2 is 1.95 bits per heavy atom. The maximum atomic E-state index is 11.8. The molecule has 0 radical (unpaired) electrons. The fourth-order valence-corrected chi connectivity index (χ4v) is 1.72. The Labute approximate surface area is 124 Å². The highest BCUT2D eigenvalue weighted by Gasteiger charge is 2.16. The number of rotatable bonds is 3. The van der Waals surface area contributed by atoms with Crippen LogP contribution in [0.5, 0.6) is 0 Å². The molecule has 0 bridgehead atoms. The van der Waals surface area contributed by atoms with E-state index in [1.54, 1.807) is 18.2 Å². The summed E-state index contributed by atoms with van der Waals surface area (Å²) in [7, 11) is 0. The lowest BCUT2D eigenvalue weighted by Crippen LogP contribution is -2.11. The number of aromatic nitrogens is 2. The molecular formula is C16H20N4O. The van der Waals surface area contributed by atoms with Crippen LogP contribution in [-0.4, -0.2) is 16.1 Å². The van der Waals surface area contributed by atoms with Gasteiger partial charge in [0, 0.05) is 28.9 Å². The zero-order chi connectivity index (χ0) is 15.5. The number of carbonyl (C=O) groups is 1. The second-order valence-corrected chi connectivity index (χ2v) is 5.91. The van der Waals surface area contributed by atoms with Crippen molar-refractivity contribution >= 4 is 23.5 Å². The monoisotopic (exact) mass is 284 g/mol. The van der Waals surface area contributed by atoms with Gasteiger partial charge in [-0.05, 0) is 23.8 Å². The van der Waals surface area contributed by atoms with Crippen LogP contribution < -0.4 is 11.1 Å². The van der Waals surface area contributed by atoms with Crippen LogP contribution in [0.4, 0.5) is 11.5 Å². The molecule has 1 aromatic heterocycles. The van der Waals surface area contributed by atoms with Crippen molar-refractivity contribution in [3.8, 4) is 0 Å². The molecule has 0 saturated heterocycles. The van der Waals surface area contributed by atoms with Crippen LogP contribution in [0, 0.1) is 0 Å². The summed E-state index contributed by atoms with van der Waals surface area (Å²) in [5, 5.41) is 9.73. The van der Waals surface area contributed by atoms with Crippen molar-refractivity contribution in [2.75, 3.05) is 11.1 Å². The molecule has 1 heterocycles. The molecule has 1 amide bonds. The Balaban J connectivity index is 1.98. The van der Waals surface area contributed by atoms with Crippen molar-refractivity contribution < 1.29 is 4.79 Å². The van der Waals surface area contributed by atoms with E-state index in [2.05, 4.69) is 36.3 Å². The van der Waals surface area contributed by atoms with E-state index in [1.165, 1.54) is 6.08 Å². The normalized spacial score (nSPS) is 11.8. The summed E-state index contributed by atoms with van der Waals surface area (Å²) >= 11 is 0. The Bertz CT molecular complexity index is 648. The number of anilines is 2. The number of nitrogens with one attached hydrogen (secondary N) is 2. The molecule has 0 aliphatic rings. The van der Waals surface area contributed by atoms with E-state index >= 15 is 0 Å². The topological polar surface area (TPSA) is 83.8 Å². The quantitative estimate of drug-likeness (QED) is 0.598. The van der Waals surface area contributed by atoms with Crippen molar-refractivity contribution in [2.24, 2.45) is 0 Å². The van der Waals surface area contributed by atoms with Crippen molar-refractivity contribution in [3.63, 3.8) is 0 Å². The number of aromatic amines is 1. The van der Waals surface area contributed by atoms with Gasteiger partial charge in [-0.2, -0.15) is 5.10 Å². The predicted molar refractivity (Wildman–Crippen MR) is 85.8 cm³/mol. The van der Waals surface area contributed by atoms with Gasteiger partial charge in [0.15, 0.2) is 5.82 Å². The number of hydrogen-bond donors (Lipinski definition) is 3. The minimum absolute atomic E-state index is 0.0320. The second kappa shape index (κ2) is 5.83. The second-order valence-electron chi connectivity index (χ2n) is 5.91. The minimum atomic E-state index is -0.223. The molecule has 4 N–H and O–H groups in total. The van der Waals surface area contributed by atoms with Crippen LogP contribution in [0.2, 0.25) is 0 Å². The third-order valence-electron chi connectivity index (χ3n) is 3.00. The number of benzene rings is 1. The van der Waals surface area contributed by atoms with Gasteiger partial charge < -0.3 is 11.1 Å². The lowest BCUT2D eigenvalue weighted by Gasteiger charge is -2.14. The molecule has 2 rings (SSSR count). The molecule has 0 unspecified atom stereocenters. The van der Waals surface area contributed by atoms with Crippen molar-refractivity contribution in [3.05, 3.63) is 47.7 Å². The van der Waals surface area contributed by atoms with Gasteiger partial charge in [-0.1, -0.05) is 32.9 Å². The van der Waals surface area contributed by atoms with Gasteiger partial charge >= 0.3 is 0 Å². The molecule has 0 saturated carbocycles. The average molecular weight is 284 g/mol. The van der Waals surface area contributed by atoms with E-state index in [9.17, 15) is 4.79 Å². The summed E-state index contributed by atoms with van der Waals surface area (Å²) in [6.07, 6.45) is 3.20. The van der Waals surface area contributed by atoms with Gasteiger partial charge in [0.2, 0.25) is 5.91 Å². The van der Waals surface area contributed by atoms with Gasteiger partial charge in [-0.3, -0.25) is 9.89 Å². The molecule has 5 nitrogen and oxygen atoms in total. The molecule has 0 aliphatic heterocycles. The maximum Gasteiger partial charge on any atom is 0.249 e. The van der Waals surface area contributed by atoms with E-state index in [4.69, 9.17) is 5.73 Å². The van der Waals surface area contributed by atoms with Crippen molar-refractivity contribution in [2.45, 2.75) is 26.2 Å². The number of nitrogens with zero attached hydrogens (tertiary/aromatic N) is 1. The first kappa shape index (κ1) is 14.8. The van der Waals surface area contributed by atoms with Crippen molar-refractivity contribution in [1.29, 1.82) is 0 Å². The highest BCUT2D eigenvalue weighted by molar-refractivity contribution is 6.01. The van der Waals surface area contributed by atoms with E-state index < -0.39 is 0 Å². The molecule has 21 heavy (non-hydrogen) atoms. The largest absolute Gasteiger partial charge is 0.399 e.